The van der Waals surface area contributed by atoms with Crippen molar-refractivity contribution in [1.29, 1.82) is 0 Å². The first-order chi connectivity index (χ1) is 9.04. The number of carbonyl (C=O) groups excluding carboxylic acids is 1. The van der Waals surface area contributed by atoms with Crippen LogP contribution in [0.25, 0.3) is 0 Å². The smallest absolute Gasteiger partial charge is 0.255 e. The number of carbonyl (C=O) groups is 1. The molecule has 1 rings (SSSR count). The number of hydrogen-bond acceptors (Lipinski definition) is 3. The molecule has 0 unspecified atom stereocenters. The third kappa shape index (κ3) is 6.59. The van der Waals surface area contributed by atoms with Gasteiger partial charge in [0.25, 0.3) is 5.91 Å². The highest BCUT2D eigenvalue weighted by molar-refractivity contribution is 9.10. The van der Waals surface area contributed by atoms with Gasteiger partial charge in [0.1, 0.15) is 5.75 Å². The van der Waals surface area contributed by atoms with Gasteiger partial charge in [0.2, 0.25) is 0 Å². The van der Waals surface area contributed by atoms with Crippen LogP contribution >= 0.6 is 28.3 Å². The van der Waals surface area contributed by atoms with Crippen molar-refractivity contribution in [3.05, 3.63) is 28.2 Å². The lowest BCUT2D eigenvalue weighted by Gasteiger charge is -2.14. The van der Waals surface area contributed by atoms with Gasteiger partial charge in [-0.05, 0) is 38.6 Å². The van der Waals surface area contributed by atoms with Gasteiger partial charge in [-0.1, -0.05) is 22.9 Å². The molecule has 0 radical (unpaired) electrons. The first-order valence-corrected chi connectivity index (χ1v) is 7.29. The summed E-state index contributed by atoms with van der Waals surface area (Å²) in [5.74, 6) is 0.492. The molecular formula is C14H22BrClN2O2. The molecule has 6 heteroatoms. The summed E-state index contributed by atoms with van der Waals surface area (Å²) in [6, 6.07) is 5.43. The molecule has 0 aromatic heterocycles. The molecular weight excluding hydrogens is 344 g/mol. The van der Waals surface area contributed by atoms with E-state index in [0.29, 0.717) is 17.9 Å². The first-order valence-electron chi connectivity index (χ1n) is 6.49. The Bertz CT molecular complexity index is 428. The zero-order valence-corrected chi connectivity index (χ0v) is 14.4. The maximum atomic E-state index is 12.1. The number of rotatable bonds is 7. The van der Waals surface area contributed by atoms with Crippen LogP contribution in [0.2, 0.25) is 0 Å². The predicted molar refractivity (Wildman–Crippen MR) is 88.0 cm³/mol. The normalized spacial score (nSPS) is 10.1. The molecule has 20 heavy (non-hydrogen) atoms. The second kappa shape index (κ2) is 10.0. The van der Waals surface area contributed by atoms with E-state index in [9.17, 15) is 4.79 Å². The van der Waals surface area contributed by atoms with E-state index >= 15 is 0 Å². The van der Waals surface area contributed by atoms with E-state index in [1.165, 1.54) is 0 Å². The van der Waals surface area contributed by atoms with Crippen molar-refractivity contribution in [1.82, 2.24) is 10.6 Å². The van der Waals surface area contributed by atoms with Crippen molar-refractivity contribution in [2.45, 2.75) is 26.9 Å². The lowest BCUT2D eigenvalue weighted by Crippen LogP contribution is -2.32. The number of nitrogens with one attached hydrogen (secondary N) is 2. The summed E-state index contributed by atoms with van der Waals surface area (Å²) >= 11 is 3.39. The van der Waals surface area contributed by atoms with Crippen LogP contribution in [0.5, 0.6) is 5.75 Å². The second-order valence-corrected chi connectivity index (χ2v) is 5.33. The monoisotopic (exact) mass is 364 g/mol. The molecule has 0 spiro atoms. The van der Waals surface area contributed by atoms with E-state index in [-0.39, 0.29) is 24.4 Å². The maximum Gasteiger partial charge on any atom is 0.255 e. The summed E-state index contributed by atoms with van der Waals surface area (Å²) in [5.41, 5.74) is 0.563. The molecule has 0 aliphatic heterocycles. The highest BCUT2D eigenvalue weighted by atomic mass is 79.9. The van der Waals surface area contributed by atoms with Crippen LogP contribution in [0.1, 0.15) is 31.1 Å². The molecule has 0 atom stereocenters. The van der Waals surface area contributed by atoms with Gasteiger partial charge in [-0.25, -0.2) is 0 Å². The van der Waals surface area contributed by atoms with E-state index in [2.05, 4.69) is 26.6 Å². The van der Waals surface area contributed by atoms with Crippen molar-refractivity contribution in [3.8, 4) is 5.75 Å². The van der Waals surface area contributed by atoms with Crippen LogP contribution in [0.3, 0.4) is 0 Å². The molecule has 0 saturated carbocycles. The molecule has 0 aliphatic rings. The largest absolute Gasteiger partial charge is 0.490 e. The average Bonchev–Trinajstić information content (AvgIpc) is 2.34. The Kier molecular flexibility index (Phi) is 9.63. The molecule has 0 bridgehead atoms. The van der Waals surface area contributed by atoms with Gasteiger partial charge in [0.15, 0.2) is 0 Å². The van der Waals surface area contributed by atoms with Crippen LogP contribution in [0, 0.1) is 0 Å². The first kappa shape index (κ1) is 19.2. The highest BCUT2D eigenvalue weighted by Crippen LogP contribution is 2.24. The van der Waals surface area contributed by atoms with Crippen LogP contribution in [-0.2, 0) is 0 Å². The van der Waals surface area contributed by atoms with Gasteiger partial charge in [-0.3, -0.25) is 4.79 Å². The summed E-state index contributed by atoms with van der Waals surface area (Å²) in [6.45, 7) is 8.17. The van der Waals surface area contributed by atoms with Gasteiger partial charge in [-0.15, -0.1) is 12.4 Å². The van der Waals surface area contributed by atoms with Gasteiger partial charge >= 0.3 is 0 Å². The van der Waals surface area contributed by atoms with Crippen LogP contribution in [0.4, 0.5) is 0 Å². The molecule has 2 N–H and O–H groups in total. The lowest BCUT2D eigenvalue weighted by molar-refractivity contribution is 0.0948. The molecule has 1 aromatic carbocycles. The summed E-state index contributed by atoms with van der Waals surface area (Å²) < 4.78 is 6.56. The predicted octanol–water partition coefficient (Wildman–Crippen LogP) is 3.00. The fourth-order valence-electron chi connectivity index (χ4n) is 1.57. The summed E-state index contributed by atoms with van der Waals surface area (Å²) in [5, 5.41) is 6.03. The minimum absolute atomic E-state index is 0. The van der Waals surface area contributed by atoms with Crippen molar-refractivity contribution in [2.75, 3.05) is 19.6 Å². The number of benzene rings is 1. The Labute approximate surface area is 135 Å². The Morgan fingerprint density at radius 1 is 1.35 bits per heavy atom. The zero-order chi connectivity index (χ0) is 14.3. The van der Waals surface area contributed by atoms with E-state index in [1.54, 1.807) is 6.07 Å². The molecule has 0 fully saturated rings. The highest BCUT2D eigenvalue weighted by Gasteiger charge is 2.13. The Hall–Kier alpha value is -0.780. The zero-order valence-electron chi connectivity index (χ0n) is 12.0. The van der Waals surface area contributed by atoms with Crippen molar-refractivity contribution < 1.29 is 9.53 Å². The third-order valence-electron chi connectivity index (χ3n) is 2.39. The second-order valence-electron chi connectivity index (χ2n) is 4.42. The lowest BCUT2D eigenvalue weighted by atomic mass is 10.2. The molecule has 0 saturated heterocycles. The van der Waals surface area contributed by atoms with E-state index in [1.807, 2.05) is 32.9 Å². The number of likely N-dealkylation sites (N-methyl/N-ethyl adjacent to an activating group) is 1. The van der Waals surface area contributed by atoms with E-state index in [0.717, 1.165) is 17.6 Å². The topological polar surface area (TPSA) is 50.4 Å². The quantitative estimate of drug-likeness (QED) is 0.730. The SMILES string of the molecule is CCNCCNC(=O)c1ccc(Br)cc1OC(C)C.Cl. The number of halogens is 2. The Morgan fingerprint density at radius 2 is 2.05 bits per heavy atom. The maximum absolute atomic E-state index is 12.1. The van der Waals surface area contributed by atoms with E-state index < -0.39 is 0 Å². The summed E-state index contributed by atoms with van der Waals surface area (Å²) in [7, 11) is 0. The van der Waals surface area contributed by atoms with Crippen LogP contribution < -0.4 is 15.4 Å². The van der Waals surface area contributed by atoms with Gasteiger partial charge in [0, 0.05) is 17.6 Å². The molecule has 4 nitrogen and oxygen atoms in total. The number of amides is 1. The van der Waals surface area contributed by atoms with Crippen molar-refractivity contribution in [2.24, 2.45) is 0 Å². The molecule has 1 aromatic rings. The Morgan fingerprint density at radius 3 is 2.65 bits per heavy atom. The average molecular weight is 366 g/mol. The standard InChI is InChI=1S/C14H21BrN2O2.ClH/c1-4-16-7-8-17-14(18)12-6-5-11(15)9-13(12)19-10(2)3;/h5-6,9-10,16H,4,7-8H2,1-3H3,(H,17,18);1H. The van der Waals surface area contributed by atoms with Crippen molar-refractivity contribution in [3.63, 3.8) is 0 Å². The van der Waals surface area contributed by atoms with Gasteiger partial charge in [-0.2, -0.15) is 0 Å². The summed E-state index contributed by atoms with van der Waals surface area (Å²) in [6.07, 6.45) is 0.0302. The molecule has 1 amide bonds. The molecule has 114 valence electrons. The Balaban J connectivity index is 0.00000361. The number of ether oxygens (including phenoxy) is 1. The fourth-order valence-corrected chi connectivity index (χ4v) is 1.91. The molecule has 0 heterocycles. The van der Waals surface area contributed by atoms with Gasteiger partial charge < -0.3 is 15.4 Å². The van der Waals surface area contributed by atoms with Crippen LogP contribution in [-0.4, -0.2) is 31.6 Å². The van der Waals surface area contributed by atoms with Gasteiger partial charge in [0.05, 0.1) is 11.7 Å². The van der Waals surface area contributed by atoms with E-state index in [4.69, 9.17) is 4.74 Å². The van der Waals surface area contributed by atoms with Crippen molar-refractivity contribution >= 4 is 34.2 Å². The summed E-state index contributed by atoms with van der Waals surface area (Å²) in [4.78, 5) is 12.1. The number of hydrogen-bond donors (Lipinski definition) is 2. The minimum Gasteiger partial charge on any atom is -0.490 e. The molecule has 0 aliphatic carbocycles. The fraction of sp³-hybridized carbons (Fsp3) is 0.500. The minimum atomic E-state index is -0.110. The third-order valence-corrected chi connectivity index (χ3v) is 2.88. The van der Waals surface area contributed by atoms with Crippen LogP contribution in [0.15, 0.2) is 22.7 Å².